The number of aliphatic carboxylic acids is 1. The number of hydrogen-bond acceptors (Lipinski definition) is 5. The van der Waals surface area contributed by atoms with Crippen molar-refractivity contribution in [3.05, 3.63) is 11.7 Å². The minimum atomic E-state index is -0.922. The van der Waals surface area contributed by atoms with Crippen LogP contribution in [0, 0.1) is 6.92 Å². The Morgan fingerprint density at radius 1 is 1.50 bits per heavy atom. The maximum atomic E-state index is 11.6. The smallest absolute Gasteiger partial charge is 0.305 e. The number of carboxylic acids is 1. The van der Waals surface area contributed by atoms with Crippen molar-refractivity contribution < 1.29 is 19.2 Å². The van der Waals surface area contributed by atoms with Gasteiger partial charge in [0.25, 0.3) is 0 Å². The molecule has 0 aliphatic carbocycles. The van der Waals surface area contributed by atoms with Crippen LogP contribution in [0.4, 0.5) is 0 Å². The Labute approximate surface area is 105 Å². The van der Waals surface area contributed by atoms with Crippen molar-refractivity contribution in [3.63, 3.8) is 0 Å². The topological polar surface area (TPSA) is 105 Å². The Balaban J connectivity index is 2.34. The molecule has 1 unspecified atom stereocenters. The molecule has 1 rings (SSSR count). The molecule has 1 atom stereocenters. The van der Waals surface area contributed by atoms with Crippen molar-refractivity contribution in [2.24, 2.45) is 0 Å². The Morgan fingerprint density at radius 3 is 2.72 bits per heavy atom. The number of aromatic nitrogens is 2. The molecule has 7 nitrogen and oxygen atoms in total. The van der Waals surface area contributed by atoms with Crippen LogP contribution in [-0.4, -0.2) is 33.2 Å². The van der Waals surface area contributed by atoms with Crippen LogP contribution in [0.2, 0.25) is 0 Å². The highest BCUT2D eigenvalue weighted by atomic mass is 16.5. The molecule has 1 amide bonds. The van der Waals surface area contributed by atoms with E-state index < -0.39 is 5.97 Å². The van der Waals surface area contributed by atoms with E-state index in [0.717, 1.165) is 0 Å². The van der Waals surface area contributed by atoms with E-state index >= 15 is 0 Å². The lowest BCUT2D eigenvalue weighted by atomic mass is 10.1. The first-order valence-electron chi connectivity index (χ1n) is 5.81. The highest BCUT2D eigenvalue weighted by Crippen LogP contribution is 2.02. The minimum Gasteiger partial charge on any atom is -0.481 e. The highest BCUT2D eigenvalue weighted by molar-refractivity contribution is 5.77. The van der Waals surface area contributed by atoms with E-state index in [4.69, 9.17) is 9.63 Å². The average molecular weight is 255 g/mol. The van der Waals surface area contributed by atoms with E-state index in [0.29, 0.717) is 24.6 Å². The van der Waals surface area contributed by atoms with Crippen LogP contribution in [0.3, 0.4) is 0 Å². The molecule has 1 aromatic heterocycles. The number of rotatable bonds is 7. The van der Waals surface area contributed by atoms with Crippen LogP contribution in [0.5, 0.6) is 0 Å². The number of nitrogens with zero attached hydrogens (tertiary/aromatic N) is 2. The molecule has 0 aliphatic rings. The van der Waals surface area contributed by atoms with E-state index in [-0.39, 0.29) is 24.8 Å². The highest BCUT2D eigenvalue weighted by Gasteiger charge is 2.14. The summed E-state index contributed by atoms with van der Waals surface area (Å²) in [6.07, 6.45) is 1.08. The van der Waals surface area contributed by atoms with Gasteiger partial charge >= 0.3 is 5.97 Å². The average Bonchev–Trinajstić information content (AvgIpc) is 2.71. The summed E-state index contributed by atoms with van der Waals surface area (Å²) in [5.41, 5.74) is 0. The fraction of sp³-hybridized carbons (Fsp3) is 0.636. The summed E-state index contributed by atoms with van der Waals surface area (Å²) < 4.78 is 4.88. The summed E-state index contributed by atoms with van der Waals surface area (Å²) in [5, 5.41) is 14.9. The molecule has 100 valence electrons. The fourth-order valence-electron chi connectivity index (χ4n) is 1.47. The molecule has 7 heteroatoms. The Bertz CT molecular complexity index is 416. The molecule has 0 aliphatic heterocycles. The minimum absolute atomic E-state index is 0.0676. The first-order chi connectivity index (χ1) is 8.51. The summed E-state index contributed by atoms with van der Waals surface area (Å²) in [6.45, 7) is 3.53. The largest absolute Gasteiger partial charge is 0.481 e. The van der Waals surface area contributed by atoms with Gasteiger partial charge in [0.2, 0.25) is 11.8 Å². The van der Waals surface area contributed by atoms with Crippen molar-refractivity contribution in [1.29, 1.82) is 0 Å². The Morgan fingerprint density at radius 2 is 2.22 bits per heavy atom. The van der Waals surface area contributed by atoms with Crippen molar-refractivity contribution in [2.45, 2.75) is 45.6 Å². The third-order valence-corrected chi connectivity index (χ3v) is 2.41. The van der Waals surface area contributed by atoms with Crippen LogP contribution < -0.4 is 5.32 Å². The van der Waals surface area contributed by atoms with Crippen LogP contribution in [0.15, 0.2) is 4.52 Å². The lowest BCUT2D eigenvalue weighted by Gasteiger charge is -2.14. The molecule has 0 bridgehead atoms. The van der Waals surface area contributed by atoms with E-state index in [1.807, 2.05) is 6.92 Å². The van der Waals surface area contributed by atoms with E-state index in [1.165, 1.54) is 0 Å². The van der Waals surface area contributed by atoms with Gasteiger partial charge in [-0.3, -0.25) is 9.59 Å². The van der Waals surface area contributed by atoms with Gasteiger partial charge in [-0.05, 0) is 13.3 Å². The van der Waals surface area contributed by atoms with Crippen molar-refractivity contribution >= 4 is 11.9 Å². The lowest BCUT2D eigenvalue weighted by molar-refractivity contribution is -0.137. The second-order valence-corrected chi connectivity index (χ2v) is 4.01. The summed E-state index contributed by atoms with van der Waals surface area (Å²) in [6, 6.07) is -0.334. The predicted octanol–water partition coefficient (Wildman–Crippen LogP) is 0.680. The molecule has 0 fully saturated rings. The zero-order valence-corrected chi connectivity index (χ0v) is 10.5. The monoisotopic (exact) mass is 255 g/mol. The molecule has 2 N–H and O–H groups in total. The summed E-state index contributed by atoms with van der Waals surface area (Å²) in [7, 11) is 0. The van der Waals surface area contributed by atoms with E-state index in [1.54, 1.807) is 6.92 Å². The Kier molecular flexibility index (Phi) is 5.29. The zero-order valence-electron chi connectivity index (χ0n) is 10.5. The molecule has 1 aromatic rings. The fourth-order valence-corrected chi connectivity index (χ4v) is 1.47. The molecule has 0 saturated carbocycles. The number of hydrogen-bond donors (Lipinski definition) is 2. The van der Waals surface area contributed by atoms with Gasteiger partial charge in [0.15, 0.2) is 5.82 Å². The third kappa shape index (κ3) is 4.94. The van der Waals surface area contributed by atoms with Crippen molar-refractivity contribution in [2.75, 3.05) is 0 Å². The molecule has 18 heavy (non-hydrogen) atoms. The van der Waals surface area contributed by atoms with Crippen molar-refractivity contribution in [1.82, 2.24) is 15.5 Å². The summed E-state index contributed by atoms with van der Waals surface area (Å²) in [4.78, 5) is 26.1. The van der Waals surface area contributed by atoms with Crippen LogP contribution >= 0.6 is 0 Å². The second kappa shape index (κ2) is 6.73. The molecule has 0 radical (unpaired) electrons. The van der Waals surface area contributed by atoms with Crippen molar-refractivity contribution in [3.8, 4) is 0 Å². The molecular formula is C11H17N3O4. The molecule has 0 saturated heterocycles. The number of nitrogens with one attached hydrogen (secondary N) is 1. The van der Waals surface area contributed by atoms with Gasteiger partial charge < -0.3 is 14.9 Å². The summed E-state index contributed by atoms with van der Waals surface area (Å²) in [5.74, 6) is -0.190. The van der Waals surface area contributed by atoms with Gasteiger partial charge in [-0.1, -0.05) is 12.1 Å². The van der Waals surface area contributed by atoms with Gasteiger partial charge in [0.05, 0.1) is 6.42 Å². The zero-order chi connectivity index (χ0) is 13.5. The number of carbonyl (C=O) groups excluding carboxylic acids is 1. The normalized spacial score (nSPS) is 12.1. The summed E-state index contributed by atoms with van der Waals surface area (Å²) >= 11 is 0. The molecule has 1 heterocycles. The first kappa shape index (κ1) is 14.1. The third-order valence-electron chi connectivity index (χ3n) is 2.41. The SMILES string of the molecule is CCC(CC(=O)O)NC(=O)CCc1nc(C)no1. The van der Waals surface area contributed by atoms with Gasteiger partial charge in [-0.15, -0.1) is 0 Å². The first-order valence-corrected chi connectivity index (χ1v) is 5.81. The van der Waals surface area contributed by atoms with Gasteiger partial charge in [-0.25, -0.2) is 0 Å². The standard InChI is InChI=1S/C11H17N3O4/c1-3-8(6-11(16)17)13-9(15)4-5-10-12-7(2)14-18-10/h8H,3-6H2,1-2H3,(H,13,15)(H,16,17). The van der Waals surface area contributed by atoms with Crippen LogP contribution in [0.25, 0.3) is 0 Å². The number of aryl methyl sites for hydroxylation is 2. The maximum Gasteiger partial charge on any atom is 0.305 e. The van der Waals surface area contributed by atoms with Gasteiger partial charge in [0.1, 0.15) is 0 Å². The quantitative estimate of drug-likeness (QED) is 0.742. The van der Waals surface area contributed by atoms with E-state index in [2.05, 4.69) is 15.5 Å². The second-order valence-electron chi connectivity index (χ2n) is 4.01. The number of carbonyl (C=O) groups is 2. The van der Waals surface area contributed by atoms with Crippen LogP contribution in [-0.2, 0) is 16.0 Å². The molecule has 0 aromatic carbocycles. The maximum absolute atomic E-state index is 11.6. The molecule has 0 spiro atoms. The van der Waals surface area contributed by atoms with Crippen LogP contribution in [0.1, 0.15) is 37.9 Å². The lowest BCUT2D eigenvalue weighted by Crippen LogP contribution is -2.36. The Hall–Kier alpha value is -1.92. The van der Waals surface area contributed by atoms with E-state index in [9.17, 15) is 9.59 Å². The predicted molar refractivity (Wildman–Crippen MR) is 61.8 cm³/mol. The molecular weight excluding hydrogens is 238 g/mol. The van der Waals surface area contributed by atoms with Gasteiger partial charge in [-0.2, -0.15) is 4.98 Å². The number of carboxylic acid groups (broad SMARTS) is 1. The van der Waals surface area contributed by atoms with Gasteiger partial charge in [0, 0.05) is 18.9 Å². The number of amides is 1.